The summed E-state index contributed by atoms with van der Waals surface area (Å²) >= 11 is 0. The predicted molar refractivity (Wildman–Crippen MR) is 94.8 cm³/mol. The van der Waals surface area contributed by atoms with Gasteiger partial charge < -0.3 is 14.0 Å². The van der Waals surface area contributed by atoms with E-state index >= 15 is 0 Å². The van der Waals surface area contributed by atoms with E-state index in [9.17, 15) is 4.79 Å². The second-order valence-electron chi connectivity index (χ2n) is 10.3. The van der Waals surface area contributed by atoms with Gasteiger partial charge in [-0.05, 0) is 57.8 Å². The van der Waals surface area contributed by atoms with Crippen LogP contribution in [0.25, 0.3) is 0 Å². The molecule has 25 heavy (non-hydrogen) atoms. The van der Waals surface area contributed by atoms with Gasteiger partial charge in [-0.3, -0.25) is 4.79 Å². The minimum absolute atomic E-state index is 0.0232. The Balaban J connectivity index is 1.47. The van der Waals surface area contributed by atoms with Crippen LogP contribution >= 0.6 is 0 Å². The molecule has 5 rings (SSSR count). The van der Waals surface area contributed by atoms with Gasteiger partial charge in [0, 0.05) is 11.8 Å². The normalized spacial score (nSPS) is 53.4. The first-order valence-electron chi connectivity index (χ1n) is 10.6. The molecule has 3 saturated heterocycles. The largest absolute Gasteiger partial charge is 0.455 e. The van der Waals surface area contributed by atoms with Crippen molar-refractivity contribution in [2.45, 2.75) is 76.1 Å². The monoisotopic (exact) mass is 348 g/mol. The highest BCUT2D eigenvalue weighted by Crippen LogP contribution is 2.66. The Labute approximate surface area is 151 Å². The highest BCUT2D eigenvalue weighted by atomic mass is 16.7. The molecule has 3 heterocycles. The molecule has 5 fully saturated rings. The van der Waals surface area contributed by atoms with Gasteiger partial charge in [0.15, 0.2) is 0 Å². The SMILES string of the molecule is CC1CCC2C(C[N+]3(C)CCCCC3)C(=O)OC23C1CCC1(C)OC13. The minimum atomic E-state index is -0.304. The summed E-state index contributed by atoms with van der Waals surface area (Å²) < 4.78 is 13.7. The van der Waals surface area contributed by atoms with Crippen molar-refractivity contribution in [2.24, 2.45) is 23.7 Å². The number of hydrogen-bond acceptors (Lipinski definition) is 3. The fourth-order valence-electron chi connectivity index (χ4n) is 7.19. The molecule has 2 aliphatic carbocycles. The molecule has 1 spiro atoms. The maximum atomic E-state index is 13.1. The molecule has 2 saturated carbocycles. The van der Waals surface area contributed by atoms with Gasteiger partial charge in [0.05, 0.1) is 32.3 Å². The van der Waals surface area contributed by atoms with Crippen LogP contribution in [0.4, 0.5) is 0 Å². The van der Waals surface area contributed by atoms with Crippen LogP contribution < -0.4 is 0 Å². The number of hydrogen-bond donors (Lipinski definition) is 0. The van der Waals surface area contributed by atoms with E-state index in [-0.39, 0.29) is 29.2 Å². The number of carbonyl (C=O) groups excluding carboxylic acids is 1. The maximum Gasteiger partial charge on any atom is 0.315 e. The molecule has 4 heteroatoms. The number of epoxide rings is 1. The van der Waals surface area contributed by atoms with Crippen molar-refractivity contribution in [3.63, 3.8) is 0 Å². The fraction of sp³-hybridized carbons (Fsp3) is 0.952. The van der Waals surface area contributed by atoms with Crippen LogP contribution in [-0.2, 0) is 14.3 Å². The number of likely N-dealkylation sites (tertiary alicyclic amines) is 1. The third-order valence-corrected chi connectivity index (χ3v) is 8.62. The molecule has 0 aromatic carbocycles. The van der Waals surface area contributed by atoms with Gasteiger partial charge >= 0.3 is 5.97 Å². The highest BCUT2D eigenvalue weighted by molar-refractivity contribution is 5.77. The van der Waals surface area contributed by atoms with Crippen molar-refractivity contribution in [1.82, 2.24) is 0 Å². The van der Waals surface area contributed by atoms with Crippen molar-refractivity contribution in [2.75, 3.05) is 26.7 Å². The van der Waals surface area contributed by atoms with E-state index in [0.717, 1.165) is 30.3 Å². The third-order valence-electron chi connectivity index (χ3n) is 8.62. The number of quaternary nitrogens is 1. The Kier molecular flexibility index (Phi) is 3.46. The van der Waals surface area contributed by atoms with E-state index in [1.165, 1.54) is 38.8 Å². The summed E-state index contributed by atoms with van der Waals surface area (Å²) in [5.74, 6) is 1.72. The molecule has 140 valence electrons. The van der Waals surface area contributed by atoms with Gasteiger partial charge in [-0.25, -0.2) is 0 Å². The van der Waals surface area contributed by atoms with Crippen molar-refractivity contribution >= 4 is 5.97 Å². The molecule has 3 aliphatic heterocycles. The summed E-state index contributed by atoms with van der Waals surface area (Å²) in [4.78, 5) is 13.1. The first-order valence-corrected chi connectivity index (χ1v) is 10.6. The number of piperidine rings is 1. The Morgan fingerprint density at radius 2 is 1.88 bits per heavy atom. The topological polar surface area (TPSA) is 38.8 Å². The van der Waals surface area contributed by atoms with Gasteiger partial charge in [0.25, 0.3) is 0 Å². The second-order valence-corrected chi connectivity index (χ2v) is 10.3. The molecule has 0 amide bonds. The molecule has 4 nitrogen and oxygen atoms in total. The molecule has 0 aromatic rings. The molecule has 0 radical (unpaired) electrons. The average Bonchev–Trinajstić information content (AvgIpc) is 3.20. The van der Waals surface area contributed by atoms with Gasteiger partial charge in [-0.15, -0.1) is 0 Å². The Morgan fingerprint density at radius 3 is 2.64 bits per heavy atom. The highest BCUT2D eigenvalue weighted by Gasteiger charge is 2.77. The average molecular weight is 349 g/mol. The minimum Gasteiger partial charge on any atom is -0.455 e. The summed E-state index contributed by atoms with van der Waals surface area (Å²) in [6, 6.07) is 0. The third kappa shape index (κ3) is 2.22. The zero-order chi connectivity index (χ0) is 17.4. The molecular formula is C21H34NO3+. The van der Waals surface area contributed by atoms with Gasteiger partial charge in [0.2, 0.25) is 0 Å². The lowest BCUT2D eigenvalue weighted by molar-refractivity contribution is -0.916. The first-order chi connectivity index (χ1) is 11.9. The lowest BCUT2D eigenvalue weighted by Gasteiger charge is -2.50. The number of fused-ring (bicyclic) bond motifs is 1. The molecule has 7 atom stereocenters. The molecule has 0 N–H and O–H groups in total. The number of carbonyl (C=O) groups is 1. The van der Waals surface area contributed by atoms with Crippen molar-refractivity contribution in [3.8, 4) is 0 Å². The smallest absolute Gasteiger partial charge is 0.315 e. The van der Waals surface area contributed by atoms with Crippen LogP contribution in [0.2, 0.25) is 0 Å². The maximum absolute atomic E-state index is 13.1. The van der Waals surface area contributed by atoms with Gasteiger partial charge in [-0.2, -0.15) is 0 Å². The van der Waals surface area contributed by atoms with E-state index in [4.69, 9.17) is 9.47 Å². The lowest BCUT2D eigenvalue weighted by atomic mass is 9.55. The zero-order valence-electron chi connectivity index (χ0n) is 16.1. The van der Waals surface area contributed by atoms with Crippen molar-refractivity contribution < 1.29 is 18.8 Å². The van der Waals surface area contributed by atoms with Crippen LogP contribution in [0.5, 0.6) is 0 Å². The summed E-state index contributed by atoms with van der Waals surface area (Å²) in [7, 11) is 2.36. The number of ether oxygens (including phenoxy) is 2. The van der Waals surface area contributed by atoms with E-state index in [1.807, 2.05) is 0 Å². The fourth-order valence-corrected chi connectivity index (χ4v) is 7.19. The van der Waals surface area contributed by atoms with E-state index < -0.39 is 0 Å². The quantitative estimate of drug-likeness (QED) is 0.437. The summed E-state index contributed by atoms with van der Waals surface area (Å²) in [5.41, 5.74) is -0.327. The summed E-state index contributed by atoms with van der Waals surface area (Å²) in [6.07, 6.45) is 8.81. The van der Waals surface area contributed by atoms with Crippen LogP contribution in [0, 0.1) is 23.7 Å². The predicted octanol–water partition coefficient (Wildman–Crippen LogP) is 3.14. The molecule has 5 aliphatic rings. The number of nitrogens with zero attached hydrogens (tertiary/aromatic N) is 1. The Bertz CT molecular complexity index is 586. The van der Waals surface area contributed by atoms with Crippen LogP contribution in [0.15, 0.2) is 0 Å². The lowest BCUT2D eigenvalue weighted by Crippen LogP contribution is -2.59. The Morgan fingerprint density at radius 1 is 1.12 bits per heavy atom. The number of esters is 1. The van der Waals surface area contributed by atoms with Gasteiger partial charge in [0.1, 0.15) is 17.6 Å². The molecule has 0 aromatic heterocycles. The van der Waals surface area contributed by atoms with Crippen LogP contribution in [0.3, 0.4) is 0 Å². The second kappa shape index (κ2) is 5.22. The molecule has 0 bridgehead atoms. The van der Waals surface area contributed by atoms with Crippen LogP contribution in [0.1, 0.15) is 58.8 Å². The number of rotatable bonds is 2. The molecule has 7 unspecified atom stereocenters. The van der Waals surface area contributed by atoms with E-state index in [0.29, 0.717) is 17.8 Å². The van der Waals surface area contributed by atoms with E-state index in [1.54, 1.807) is 0 Å². The van der Waals surface area contributed by atoms with Crippen molar-refractivity contribution in [1.29, 1.82) is 0 Å². The van der Waals surface area contributed by atoms with E-state index in [2.05, 4.69) is 20.9 Å². The standard InChI is InChI=1S/C21H34NO3/c1-14-7-8-17-15(13-22(3)11-5-4-6-12-22)18(23)24-21(17)16(14)9-10-20(2)19(21)25-20/h14-17,19H,4-13H2,1-3H3/q+1. The Hall–Kier alpha value is -0.610. The zero-order valence-corrected chi connectivity index (χ0v) is 16.1. The van der Waals surface area contributed by atoms with Gasteiger partial charge in [-0.1, -0.05) is 6.92 Å². The molecular weight excluding hydrogens is 314 g/mol. The summed E-state index contributed by atoms with van der Waals surface area (Å²) in [6.45, 7) is 8.03. The van der Waals surface area contributed by atoms with Crippen molar-refractivity contribution in [3.05, 3.63) is 0 Å². The summed E-state index contributed by atoms with van der Waals surface area (Å²) in [5, 5.41) is 0. The first kappa shape index (κ1) is 16.6. The van der Waals surface area contributed by atoms with Crippen LogP contribution in [-0.4, -0.2) is 54.4 Å².